The number of carbonyl (C=O) groups excluding carboxylic acids is 2. The maximum atomic E-state index is 12.4. The highest BCUT2D eigenvalue weighted by Crippen LogP contribution is 2.23. The maximum absolute atomic E-state index is 12.4. The maximum Gasteiger partial charge on any atom is 0.255 e. The first-order valence-corrected chi connectivity index (χ1v) is 9.51. The topological polar surface area (TPSA) is 80.3 Å². The van der Waals surface area contributed by atoms with Gasteiger partial charge in [0.2, 0.25) is 5.91 Å². The Morgan fingerprint density at radius 2 is 1.75 bits per heavy atom. The summed E-state index contributed by atoms with van der Waals surface area (Å²) in [4.78, 5) is 29.3. The van der Waals surface area contributed by atoms with Crippen LogP contribution in [0, 0.1) is 0 Å². The Bertz CT molecular complexity index is 964. The molecule has 6 nitrogen and oxygen atoms in total. The van der Waals surface area contributed by atoms with Crippen LogP contribution in [0.5, 0.6) is 5.75 Å². The molecule has 0 fully saturated rings. The fourth-order valence-electron chi connectivity index (χ4n) is 2.41. The number of anilines is 2. The Morgan fingerprint density at radius 1 is 0.964 bits per heavy atom. The van der Waals surface area contributed by atoms with E-state index in [1.807, 2.05) is 18.2 Å². The summed E-state index contributed by atoms with van der Waals surface area (Å²) in [6.45, 7) is 0. The number of amides is 2. The van der Waals surface area contributed by atoms with E-state index >= 15 is 0 Å². The zero-order chi connectivity index (χ0) is 19.8. The van der Waals surface area contributed by atoms with E-state index in [-0.39, 0.29) is 17.6 Å². The molecule has 142 valence electrons. The SMILES string of the molecule is COc1cccc(C(=O)Nc2cccc(SCC(=O)Nc3ccncc3)c2)c1. The van der Waals surface area contributed by atoms with E-state index in [0.717, 1.165) is 4.90 Å². The first-order chi connectivity index (χ1) is 13.6. The summed E-state index contributed by atoms with van der Waals surface area (Å²) >= 11 is 1.39. The number of ether oxygens (including phenoxy) is 1. The average Bonchev–Trinajstić information content (AvgIpc) is 2.73. The summed E-state index contributed by atoms with van der Waals surface area (Å²) in [5.74, 6) is 0.547. The number of rotatable bonds is 7. The van der Waals surface area contributed by atoms with Crippen molar-refractivity contribution >= 4 is 35.0 Å². The van der Waals surface area contributed by atoms with Crippen molar-refractivity contribution < 1.29 is 14.3 Å². The van der Waals surface area contributed by atoms with E-state index in [1.54, 1.807) is 62.0 Å². The van der Waals surface area contributed by atoms with Gasteiger partial charge in [-0.25, -0.2) is 0 Å². The minimum absolute atomic E-state index is 0.109. The number of benzene rings is 2. The van der Waals surface area contributed by atoms with Crippen molar-refractivity contribution in [3.05, 3.63) is 78.6 Å². The smallest absolute Gasteiger partial charge is 0.255 e. The van der Waals surface area contributed by atoms with Gasteiger partial charge in [0.15, 0.2) is 0 Å². The van der Waals surface area contributed by atoms with E-state index in [1.165, 1.54) is 11.8 Å². The molecule has 0 radical (unpaired) electrons. The predicted molar refractivity (Wildman–Crippen MR) is 111 cm³/mol. The predicted octanol–water partition coefficient (Wildman–Crippen LogP) is 4.07. The molecule has 0 saturated carbocycles. The lowest BCUT2D eigenvalue weighted by Gasteiger charge is -2.09. The minimum Gasteiger partial charge on any atom is -0.497 e. The number of hydrogen-bond donors (Lipinski definition) is 2. The van der Waals surface area contributed by atoms with Crippen LogP contribution in [0.4, 0.5) is 11.4 Å². The van der Waals surface area contributed by atoms with Crippen LogP contribution >= 0.6 is 11.8 Å². The molecule has 0 aliphatic carbocycles. The fourth-order valence-corrected chi connectivity index (χ4v) is 3.17. The third kappa shape index (κ3) is 5.59. The highest BCUT2D eigenvalue weighted by Gasteiger charge is 2.09. The Kier molecular flexibility index (Phi) is 6.64. The van der Waals surface area contributed by atoms with Crippen LogP contribution in [0.1, 0.15) is 10.4 Å². The molecule has 1 heterocycles. The molecule has 1 aromatic heterocycles. The molecule has 3 rings (SSSR count). The van der Waals surface area contributed by atoms with E-state index < -0.39 is 0 Å². The van der Waals surface area contributed by atoms with Gasteiger partial charge in [0.05, 0.1) is 12.9 Å². The van der Waals surface area contributed by atoms with Crippen molar-refractivity contribution in [2.45, 2.75) is 4.90 Å². The van der Waals surface area contributed by atoms with Crippen molar-refractivity contribution in [3.63, 3.8) is 0 Å². The van der Waals surface area contributed by atoms with Gasteiger partial charge in [-0.05, 0) is 48.5 Å². The third-order valence-corrected chi connectivity index (χ3v) is 4.75. The number of pyridine rings is 1. The normalized spacial score (nSPS) is 10.2. The molecule has 2 N–H and O–H groups in total. The van der Waals surface area contributed by atoms with Crippen molar-refractivity contribution in [2.24, 2.45) is 0 Å². The van der Waals surface area contributed by atoms with Crippen molar-refractivity contribution in [1.82, 2.24) is 4.98 Å². The fraction of sp³-hybridized carbons (Fsp3) is 0.0952. The van der Waals surface area contributed by atoms with Crippen LogP contribution in [0.3, 0.4) is 0 Å². The third-order valence-electron chi connectivity index (χ3n) is 3.76. The lowest BCUT2D eigenvalue weighted by molar-refractivity contribution is -0.113. The van der Waals surface area contributed by atoms with Gasteiger partial charge < -0.3 is 15.4 Å². The first kappa shape index (κ1) is 19.4. The van der Waals surface area contributed by atoms with E-state index in [4.69, 9.17) is 4.74 Å². The molecule has 0 aliphatic rings. The number of nitrogens with zero attached hydrogens (tertiary/aromatic N) is 1. The highest BCUT2D eigenvalue weighted by molar-refractivity contribution is 8.00. The second kappa shape index (κ2) is 9.57. The number of nitrogens with one attached hydrogen (secondary N) is 2. The van der Waals surface area contributed by atoms with Crippen LogP contribution < -0.4 is 15.4 Å². The number of aromatic nitrogens is 1. The van der Waals surface area contributed by atoms with Gasteiger partial charge >= 0.3 is 0 Å². The van der Waals surface area contributed by atoms with Crippen molar-refractivity contribution in [3.8, 4) is 5.75 Å². The van der Waals surface area contributed by atoms with Crippen LogP contribution in [0.15, 0.2) is 78.0 Å². The monoisotopic (exact) mass is 393 g/mol. The molecule has 0 aliphatic heterocycles. The molecule has 0 unspecified atom stereocenters. The summed E-state index contributed by atoms with van der Waals surface area (Å²) < 4.78 is 5.15. The molecule has 2 aromatic carbocycles. The largest absolute Gasteiger partial charge is 0.497 e. The van der Waals surface area contributed by atoms with Gasteiger partial charge in [-0.3, -0.25) is 14.6 Å². The van der Waals surface area contributed by atoms with E-state index in [9.17, 15) is 9.59 Å². The Morgan fingerprint density at radius 3 is 2.54 bits per heavy atom. The molecule has 28 heavy (non-hydrogen) atoms. The minimum atomic E-state index is -0.225. The average molecular weight is 393 g/mol. The molecule has 0 saturated heterocycles. The molecule has 7 heteroatoms. The van der Waals surface area contributed by atoms with Gasteiger partial charge in [-0.15, -0.1) is 11.8 Å². The second-order valence-corrected chi connectivity index (χ2v) is 6.84. The van der Waals surface area contributed by atoms with Gasteiger partial charge in [-0.2, -0.15) is 0 Å². The zero-order valence-corrected chi connectivity index (χ0v) is 16.0. The van der Waals surface area contributed by atoms with Gasteiger partial charge in [0, 0.05) is 34.2 Å². The molecule has 0 atom stereocenters. The van der Waals surface area contributed by atoms with Crippen molar-refractivity contribution in [1.29, 1.82) is 0 Å². The second-order valence-electron chi connectivity index (χ2n) is 5.79. The van der Waals surface area contributed by atoms with Crippen LogP contribution in [-0.4, -0.2) is 29.7 Å². The molecular weight excluding hydrogens is 374 g/mol. The number of methoxy groups -OCH3 is 1. The Hall–Kier alpha value is -3.32. The Labute approximate surface area is 167 Å². The molecule has 3 aromatic rings. The summed E-state index contributed by atoms with van der Waals surface area (Å²) in [6.07, 6.45) is 3.24. The van der Waals surface area contributed by atoms with Gasteiger partial charge in [0.1, 0.15) is 5.75 Å². The zero-order valence-electron chi connectivity index (χ0n) is 15.2. The van der Waals surface area contributed by atoms with Gasteiger partial charge in [-0.1, -0.05) is 12.1 Å². The molecule has 2 amide bonds. The number of thioether (sulfide) groups is 1. The van der Waals surface area contributed by atoms with Crippen LogP contribution in [0.2, 0.25) is 0 Å². The summed E-state index contributed by atoms with van der Waals surface area (Å²) in [6, 6.07) is 17.8. The lowest BCUT2D eigenvalue weighted by Crippen LogP contribution is -2.14. The van der Waals surface area contributed by atoms with E-state index in [0.29, 0.717) is 22.7 Å². The van der Waals surface area contributed by atoms with Crippen LogP contribution in [-0.2, 0) is 4.79 Å². The lowest BCUT2D eigenvalue weighted by atomic mass is 10.2. The summed E-state index contributed by atoms with van der Waals surface area (Å²) in [5.41, 5.74) is 1.88. The quantitative estimate of drug-likeness (QED) is 0.592. The Balaban J connectivity index is 1.57. The molecular formula is C21H19N3O3S. The standard InChI is InChI=1S/C21H19N3O3S/c1-27-18-6-2-4-15(12-18)21(26)24-17-5-3-7-19(13-17)28-14-20(25)23-16-8-10-22-11-9-16/h2-13H,14H2,1H3,(H,24,26)(H,22,23,25). The summed E-state index contributed by atoms with van der Waals surface area (Å²) in [5, 5.41) is 5.67. The number of hydrogen-bond acceptors (Lipinski definition) is 5. The van der Waals surface area contributed by atoms with E-state index in [2.05, 4.69) is 15.6 Å². The van der Waals surface area contributed by atoms with Gasteiger partial charge in [0.25, 0.3) is 5.91 Å². The summed E-state index contributed by atoms with van der Waals surface area (Å²) in [7, 11) is 1.56. The highest BCUT2D eigenvalue weighted by atomic mass is 32.2. The number of carbonyl (C=O) groups is 2. The first-order valence-electron chi connectivity index (χ1n) is 8.52. The molecule has 0 bridgehead atoms. The van der Waals surface area contributed by atoms with Crippen LogP contribution in [0.25, 0.3) is 0 Å². The molecule has 0 spiro atoms. The van der Waals surface area contributed by atoms with Crippen molar-refractivity contribution in [2.75, 3.05) is 23.5 Å².